The van der Waals surface area contributed by atoms with Crippen LogP contribution in [-0.2, 0) is 11.8 Å². The van der Waals surface area contributed by atoms with E-state index in [1.54, 1.807) is 16.6 Å². The molecular weight excluding hydrogens is 258 g/mol. The van der Waals surface area contributed by atoms with Crippen LogP contribution in [0.4, 0.5) is 10.7 Å². The van der Waals surface area contributed by atoms with Gasteiger partial charge in [0.25, 0.3) is 0 Å². The van der Waals surface area contributed by atoms with E-state index in [-0.39, 0.29) is 17.2 Å². The van der Waals surface area contributed by atoms with Gasteiger partial charge in [0.05, 0.1) is 24.3 Å². The summed E-state index contributed by atoms with van der Waals surface area (Å²) in [7, 11) is 1.79. The average molecular weight is 281 g/mol. The van der Waals surface area contributed by atoms with Gasteiger partial charge in [0.15, 0.2) is 0 Å². The van der Waals surface area contributed by atoms with Gasteiger partial charge in [0.2, 0.25) is 5.95 Å². The quantitative estimate of drug-likeness (QED) is 0.847. The highest BCUT2D eigenvalue weighted by Gasteiger charge is 2.40. The summed E-state index contributed by atoms with van der Waals surface area (Å²) in [6.07, 6.45) is 0. The lowest BCUT2D eigenvalue weighted by Gasteiger charge is -2.46. The van der Waals surface area contributed by atoms with Crippen LogP contribution in [0.15, 0.2) is 0 Å². The molecule has 20 heavy (non-hydrogen) atoms. The van der Waals surface area contributed by atoms with Crippen molar-refractivity contribution >= 4 is 12.0 Å². The third-order valence-corrected chi connectivity index (χ3v) is 3.18. The van der Waals surface area contributed by atoms with Crippen LogP contribution in [0.3, 0.4) is 0 Å². The molecule has 0 aliphatic carbocycles. The van der Waals surface area contributed by atoms with E-state index in [4.69, 9.17) is 4.74 Å². The molecule has 0 atom stereocenters. The number of nitrogens with one attached hydrogen (secondary N) is 1. The first kappa shape index (κ1) is 14.8. The smallest absolute Gasteiger partial charge is 0.324 e. The Hall–Kier alpha value is -1.63. The standard InChI is InChI=1S/C13H23N5O2/c1-9-14-10(16-17(9)6)15-11(19)18-7-12(2,3)20-13(4,5)8-18/h7-8H2,1-6H3,(H,15,16,19). The third-order valence-electron chi connectivity index (χ3n) is 3.18. The molecule has 1 aliphatic heterocycles. The predicted molar refractivity (Wildman–Crippen MR) is 75.6 cm³/mol. The van der Waals surface area contributed by atoms with E-state index in [0.717, 1.165) is 5.82 Å². The molecule has 1 aliphatic rings. The van der Waals surface area contributed by atoms with E-state index >= 15 is 0 Å². The molecule has 2 rings (SSSR count). The van der Waals surface area contributed by atoms with Crippen LogP contribution < -0.4 is 5.32 Å². The van der Waals surface area contributed by atoms with Gasteiger partial charge in [-0.15, -0.1) is 5.10 Å². The highest BCUT2D eigenvalue weighted by molar-refractivity contribution is 5.87. The van der Waals surface area contributed by atoms with Gasteiger partial charge in [-0.2, -0.15) is 4.98 Å². The summed E-state index contributed by atoms with van der Waals surface area (Å²) >= 11 is 0. The maximum Gasteiger partial charge on any atom is 0.324 e. The Morgan fingerprint density at radius 2 is 1.80 bits per heavy atom. The van der Waals surface area contributed by atoms with E-state index in [1.807, 2.05) is 34.6 Å². The summed E-state index contributed by atoms with van der Waals surface area (Å²) in [5.74, 6) is 1.08. The number of aromatic nitrogens is 3. The van der Waals surface area contributed by atoms with Gasteiger partial charge in [0, 0.05) is 7.05 Å². The summed E-state index contributed by atoms with van der Waals surface area (Å²) in [6, 6.07) is -0.194. The van der Waals surface area contributed by atoms with Crippen molar-refractivity contribution in [3.63, 3.8) is 0 Å². The molecule has 112 valence electrons. The monoisotopic (exact) mass is 281 g/mol. The molecule has 7 nitrogen and oxygen atoms in total. The number of nitrogens with zero attached hydrogens (tertiary/aromatic N) is 4. The van der Waals surface area contributed by atoms with Gasteiger partial charge >= 0.3 is 6.03 Å². The van der Waals surface area contributed by atoms with Gasteiger partial charge in [0.1, 0.15) is 5.82 Å². The Morgan fingerprint density at radius 1 is 1.25 bits per heavy atom. The SMILES string of the molecule is Cc1nc(NC(=O)N2CC(C)(C)OC(C)(C)C2)nn1C. The number of morpholine rings is 1. The zero-order valence-corrected chi connectivity index (χ0v) is 13.0. The molecule has 0 bridgehead atoms. The minimum Gasteiger partial charge on any atom is -0.366 e. The van der Waals surface area contributed by atoms with E-state index in [2.05, 4.69) is 15.4 Å². The van der Waals surface area contributed by atoms with E-state index in [0.29, 0.717) is 19.0 Å². The molecule has 0 spiro atoms. The van der Waals surface area contributed by atoms with E-state index in [9.17, 15) is 4.79 Å². The number of anilines is 1. The lowest BCUT2D eigenvalue weighted by molar-refractivity contribution is -0.169. The van der Waals surface area contributed by atoms with Gasteiger partial charge in [-0.05, 0) is 34.6 Å². The summed E-state index contributed by atoms with van der Waals surface area (Å²) in [6.45, 7) is 10.8. The summed E-state index contributed by atoms with van der Waals surface area (Å²) in [5.41, 5.74) is -0.737. The fraction of sp³-hybridized carbons (Fsp3) is 0.769. The zero-order chi connectivity index (χ0) is 15.1. The van der Waals surface area contributed by atoms with Crippen LogP contribution in [0, 0.1) is 6.92 Å². The van der Waals surface area contributed by atoms with Crippen molar-refractivity contribution in [2.75, 3.05) is 18.4 Å². The van der Waals surface area contributed by atoms with Crippen LogP contribution in [0.25, 0.3) is 0 Å². The first-order valence-corrected chi connectivity index (χ1v) is 6.72. The second kappa shape index (κ2) is 4.73. The van der Waals surface area contributed by atoms with Crippen LogP contribution in [0.5, 0.6) is 0 Å². The molecule has 1 aromatic rings. The maximum atomic E-state index is 12.3. The first-order valence-electron chi connectivity index (χ1n) is 6.72. The molecule has 1 fully saturated rings. The summed E-state index contributed by atoms with van der Waals surface area (Å²) < 4.78 is 7.59. The average Bonchev–Trinajstić information content (AvgIpc) is 2.53. The molecular formula is C13H23N5O2. The normalized spacial score (nSPS) is 20.8. The Kier molecular flexibility index (Phi) is 3.49. The molecule has 1 N–H and O–H groups in total. The Labute approximate surface area is 119 Å². The Balaban J connectivity index is 2.08. The van der Waals surface area contributed by atoms with Crippen molar-refractivity contribution in [3.8, 4) is 0 Å². The number of hydrogen-bond donors (Lipinski definition) is 1. The number of amides is 2. The van der Waals surface area contributed by atoms with Crippen molar-refractivity contribution in [2.45, 2.75) is 45.8 Å². The number of rotatable bonds is 1. The van der Waals surface area contributed by atoms with Crippen LogP contribution in [-0.4, -0.2) is 50.0 Å². The van der Waals surface area contributed by atoms with Crippen LogP contribution in [0.1, 0.15) is 33.5 Å². The van der Waals surface area contributed by atoms with Crippen molar-refractivity contribution in [1.82, 2.24) is 19.7 Å². The van der Waals surface area contributed by atoms with Crippen molar-refractivity contribution in [2.24, 2.45) is 7.05 Å². The summed E-state index contributed by atoms with van der Waals surface area (Å²) in [4.78, 5) is 18.3. The molecule has 1 saturated heterocycles. The number of urea groups is 1. The topological polar surface area (TPSA) is 72.3 Å². The number of carbonyl (C=O) groups is 1. The number of aryl methyl sites for hydroxylation is 2. The van der Waals surface area contributed by atoms with Gasteiger partial charge in [-0.1, -0.05) is 0 Å². The summed E-state index contributed by atoms with van der Waals surface area (Å²) in [5, 5.41) is 6.87. The fourth-order valence-electron chi connectivity index (χ4n) is 2.62. The minimum atomic E-state index is -0.369. The van der Waals surface area contributed by atoms with Crippen molar-refractivity contribution in [3.05, 3.63) is 5.82 Å². The zero-order valence-electron chi connectivity index (χ0n) is 13.0. The highest BCUT2D eigenvalue weighted by Crippen LogP contribution is 2.28. The Morgan fingerprint density at radius 3 is 2.25 bits per heavy atom. The Bertz CT molecular complexity index is 485. The van der Waals surface area contributed by atoms with E-state index < -0.39 is 0 Å². The molecule has 0 saturated carbocycles. The largest absolute Gasteiger partial charge is 0.366 e. The molecule has 1 aromatic heterocycles. The third kappa shape index (κ3) is 3.27. The highest BCUT2D eigenvalue weighted by atomic mass is 16.5. The van der Waals surface area contributed by atoms with Crippen molar-refractivity contribution < 1.29 is 9.53 Å². The van der Waals surface area contributed by atoms with Gasteiger partial charge in [-0.25, -0.2) is 4.79 Å². The predicted octanol–water partition coefficient (Wildman–Crippen LogP) is 1.54. The molecule has 0 aromatic carbocycles. The first-order chi connectivity index (χ1) is 9.08. The number of ether oxygens (including phenoxy) is 1. The molecule has 0 radical (unpaired) electrons. The lowest BCUT2D eigenvalue weighted by Crippen LogP contribution is -2.59. The second-order valence-electron chi connectivity index (χ2n) is 6.51. The molecule has 2 heterocycles. The lowest BCUT2D eigenvalue weighted by atomic mass is 9.99. The maximum absolute atomic E-state index is 12.3. The van der Waals surface area contributed by atoms with Crippen molar-refractivity contribution in [1.29, 1.82) is 0 Å². The molecule has 0 unspecified atom stereocenters. The van der Waals surface area contributed by atoms with Crippen LogP contribution in [0.2, 0.25) is 0 Å². The molecule has 7 heteroatoms. The minimum absolute atomic E-state index is 0.194. The van der Waals surface area contributed by atoms with Crippen LogP contribution >= 0.6 is 0 Å². The van der Waals surface area contributed by atoms with Gasteiger partial charge in [-0.3, -0.25) is 10.00 Å². The molecule has 2 amide bonds. The number of hydrogen-bond acceptors (Lipinski definition) is 4. The van der Waals surface area contributed by atoms with Gasteiger partial charge < -0.3 is 9.64 Å². The van der Waals surface area contributed by atoms with E-state index in [1.165, 1.54) is 0 Å². The fourth-order valence-corrected chi connectivity index (χ4v) is 2.62. The second-order valence-corrected chi connectivity index (χ2v) is 6.51. The number of carbonyl (C=O) groups excluding carboxylic acids is 1.